The van der Waals surface area contributed by atoms with E-state index in [2.05, 4.69) is 43.9 Å². The molecule has 0 saturated carbocycles. The molecule has 3 aliphatic rings. The van der Waals surface area contributed by atoms with Crippen molar-refractivity contribution in [1.82, 2.24) is 24.6 Å². The van der Waals surface area contributed by atoms with Gasteiger partial charge in [0.25, 0.3) is 0 Å². The minimum atomic E-state index is 0.756. The first kappa shape index (κ1) is 18.1. The van der Waals surface area contributed by atoms with Gasteiger partial charge in [-0.25, -0.2) is 14.6 Å². The van der Waals surface area contributed by atoms with Crippen molar-refractivity contribution in [2.75, 3.05) is 50.8 Å². The molecule has 150 valence electrons. The summed E-state index contributed by atoms with van der Waals surface area (Å²) in [6.45, 7) is 11.9. The zero-order valence-corrected chi connectivity index (χ0v) is 16.9. The number of nitrogens with zero attached hydrogens (tertiary/aromatic N) is 6. The van der Waals surface area contributed by atoms with Crippen molar-refractivity contribution in [1.29, 1.82) is 0 Å². The Morgan fingerprint density at radius 3 is 2.36 bits per heavy atom. The fourth-order valence-corrected chi connectivity index (χ4v) is 5.21. The topological polar surface area (TPSA) is 59.3 Å². The minimum absolute atomic E-state index is 0.756. The van der Waals surface area contributed by atoms with Crippen LogP contribution in [-0.2, 0) is 4.74 Å². The monoisotopic (exact) mass is 382 g/mol. The van der Waals surface area contributed by atoms with Crippen LogP contribution in [0.2, 0.25) is 0 Å². The fourth-order valence-electron chi connectivity index (χ4n) is 5.21. The molecule has 7 heteroatoms. The quantitative estimate of drug-likeness (QED) is 0.807. The molecule has 0 bridgehead atoms. The van der Waals surface area contributed by atoms with Crippen molar-refractivity contribution in [2.45, 2.75) is 26.7 Å². The van der Waals surface area contributed by atoms with Crippen molar-refractivity contribution < 1.29 is 4.74 Å². The third-order valence-corrected chi connectivity index (χ3v) is 6.61. The van der Waals surface area contributed by atoms with Crippen molar-refractivity contribution in [3.8, 4) is 5.82 Å². The van der Waals surface area contributed by atoms with E-state index in [0.29, 0.717) is 0 Å². The van der Waals surface area contributed by atoms with Crippen LogP contribution in [0.25, 0.3) is 5.82 Å². The van der Waals surface area contributed by atoms with Crippen LogP contribution in [0, 0.1) is 31.6 Å². The molecule has 3 aliphatic heterocycles. The second kappa shape index (κ2) is 7.44. The predicted molar refractivity (Wildman–Crippen MR) is 108 cm³/mol. The van der Waals surface area contributed by atoms with E-state index < -0.39 is 0 Å². The van der Waals surface area contributed by atoms with Gasteiger partial charge in [0, 0.05) is 57.7 Å². The summed E-state index contributed by atoms with van der Waals surface area (Å²) >= 11 is 0. The van der Waals surface area contributed by atoms with Gasteiger partial charge in [-0.05, 0) is 50.5 Å². The summed E-state index contributed by atoms with van der Waals surface area (Å²) in [5, 5.41) is 4.56. The van der Waals surface area contributed by atoms with Gasteiger partial charge in [-0.3, -0.25) is 0 Å². The third-order valence-electron chi connectivity index (χ3n) is 6.61. The number of ether oxygens (including phenoxy) is 1. The standard InChI is InChI=1S/C21H30N6O/c1-15-7-16(2)27(24-15)21-8-20(22-14-23-21)26-12-18-10-25(11-19(18)13-26)9-17-3-5-28-6-4-17/h7-8,14,17-19H,3-6,9-13H2,1-2H3. The number of aryl methyl sites for hydroxylation is 2. The Bertz CT molecular complexity index is 816. The zero-order chi connectivity index (χ0) is 19.1. The molecular formula is C21H30N6O. The Labute approximate surface area is 166 Å². The van der Waals surface area contributed by atoms with Crippen molar-refractivity contribution >= 4 is 5.82 Å². The summed E-state index contributed by atoms with van der Waals surface area (Å²) in [5.41, 5.74) is 2.11. The predicted octanol–water partition coefficient (Wildman–Crippen LogP) is 2.07. The number of aromatic nitrogens is 4. The van der Waals surface area contributed by atoms with Crippen LogP contribution in [0.15, 0.2) is 18.5 Å². The van der Waals surface area contributed by atoms with Gasteiger partial charge in [0.2, 0.25) is 0 Å². The summed E-state index contributed by atoms with van der Waals surface area (Å²) in [6, 6.07) is 4.16. The molecule has 0 aliphatic carbocycles. The van der Waals surface area contributed by atoms with Gasteiger partial charge in [-0.15, -0.1) is 0 Å². The molecule has 0 spiro atoms. The molecule has 0 N–H and O–H groups in total. The first-order chi connectivity index (χ1) is 13.7. The molecule has 2 aromatic heterocycles. The van der Waals surface area contributed by atoms with Crippen LogP contribution in [0.3, 0.4) is 0 Å². The highest BCUT2D eigenvalue weighted by molar-refractivity contribution is 5.45. The molecule has 0 aromatic carbocycles. The summed E-state index contributed by atoms with van der Waals surface area (Å²) in [5.74, 6) is 4.23. The van der Waals surface area contributed by atoms with E-state index in [1.54, 1.807) is 6.33 Å². The molecule has 2 aromatic rings. The maximum Gasteiger partial charge on any atom is 0.159 e. The summed E-state index contributed by atoms with van der Waals surface area (Å²) in [7, 11) is 0. The number of hydrogen-bond acceptors (Lipinski definition) is 6. The Balaban J connectivity index is 1.23. The zero-order valence-electron chi connectivity index (χ0n) is 16.9. The Morgan fingerprint density at radius 2 is 1.68 bits per heavy atom. The number of likely N-dealkylation sites (tertiary alicyclic amines) is 1. The highest BCUT2D eigenvalue weighted by Crippen LogP contribution is 2.34. The Morgan fingerprint density at radius 1 is 0.964 bits per heavy atom. The van der Waals surface area contributed by atoms with Crippen LogP contribution in [0.4, 0.5) is 5.82 Å². The number of rotatable bonds is 4. The number of anilines is 1. The molecule has 2 unspecified atom stereocenters. The third kappa shape index (κ3) is 3.53. The number of fused-ring (bicyclic) bond motifs is 1. The van der Waals surface area contributed by atoms with E-state index in [0.717, 1.165) is 67.1 Å². The van der Waals surface area contributed by atoms with Gasteiger partial charge in [0.05, 0.1) is 5.69 Å². The summed E-state index contributed by atoms with van der Waals surface area (Å²) < 4.78 is 7.42. The average Bonchev–Trinajstić information content (AvgIpc) is 3.35. The van der Waals surface area contributed by atoms with Crippen LogP contribution >= 0.6 is 0 Å². The highest BCUT2D eigenvalue weighted by atomic mass is 16.5. The van der Waals surface area contributed by atoms with Crippen LogP contribution in [-0.4, -0.2) is 70.6 Å². The van der Waals surface area contributed by atoms with Gasteiger partial charge in [-0.1, -0.05) is 0 Å². The van der Waals surface area contributed by atoms with E-state index in [1.165, 1.54) is 32.5 Å². The normalized spacial score (nSPS) is 26.1. The van der Waals surface area contributed by atoms with Crippen molar-refractivity contribution in [3.63, 3.8) is 0 Å². The van der Waals surface area contributed by atoms with Gasteiger partial charge in [-0.2, -0.15) is 5.10 Å². The molecule has 7 nitrogen and oxygen atoms in total. The Kier molecular flexibility index (Phi) is 4.80. The van der Waals surface area contributed by atoms with Gasteiger partial charge < -0.3 is 14.5 Å². The lowest BCUT2D eigenvalue weighted by Gasteiger charge is -2.28. The van der Waals surface area contributed by atoms with E-state index in [9.17, 15) is 0 Å². The van der Waals surface area contributed by atoms with E-state index in [1.807, 2.05) is 11.6 Å². The molecule has 3 fully saturated rings. The van der Waals surface area contributed by atoms with E-state index in [4.69, 9.17) is 4.74 Å². The van der Waals surface area contributed by atoms with E-state index in [-0.39, 0.29) is 0 Å². The largest absolute Gasteiger partial charge is 0.381 e. The molecule has 3 saturated heterocycles. The van der Waals surface area contributed by atoms with Gasteiger partial charge >= 0.3 is 0 Å². The summed E-state index contributed by atoms with van der Waals surface area (Å²) in [4.78, 5) is 14.2. The summed E-state index contributed by atoms with van der Waals surface area (Å²) in [6.07, 6.45) is 4.13. The second-order valence-corrected chi connectivity index (χ2v) is 8.77. The maximum absolute atomic E-state index is 5.51. The second-order valence-electron chi connectivity index (χ2n) is 8.77. The van der Waals surface area contributed by atoms with Gasteiger partial charge in [0.1, 0.15) is 12.1 Å². The minimum Gasteiger partial charge on any atom is -0.381 e. The van der Waals surface area contributed by atoms with Crippen molar-refractivity contribution in [3.05, 3.63) is 29.8 Å². The molecule has 5 heterocycles. The first-order valence-corrected chi connectivity index (χ1v) is 10.6. The molecule has 5 rings (SSSR count). The molecular weight excluding hydrogens is 352 g/mol. The molecule has 0 radical (unpaired) electrons. The first-order valence-electron chi connectivity index (χ1n) is 10.6. The SMILES string of the molecule is Cc1cc(C)n(-c2cc(N3CC4CN(CC5CCOCC5)CC4C3)ncn2)n1. The van der Waals surface area contributed by atoms with Gasteiger partial charge in [0.15, 0.2) is 5.82 Å². The lowest BCUT2D eigenvalue weighted by molar-refractivity contribution is 0.0547. The molecule has 0 amide bonds. The molecule has 2 atom stereocenters. The lowest BCUT2D eigenvalue weighted by atomic mass is 10.00. The smallest absolute Gasteiger partial charge is 0.159 e. The van der Waals surface area contributed by atoms with Crippen LogP contribution < -0.4 is 4.90 Å². The molecule has 28 heavy (non-hydrogen) atoms. The number of hydrogen-bond donors (Lipinski definition) is 0. The lowest BCUT2D eigenvalue weighted by Crippen LogP contribution is -2.34. The van der Waals surface area contributed by atoms with Crippen LogP contribution in [0.5, 0.6) is 0 Å². The fraction of sp³-hybridized carbons (Fsp3) is 0.667. The Hall–Kier alpha value is -1.99. The van der Waals surface area contributed by atoms with Crippen LogP contribution in [0.1, 0.15) is 24.2 Å². The maximum atomic E-state index is 5.51. The highest BCUT2D eigenvalue weighted by Gasteiger charge is 2.40. The van der Waals surface area contributed by atoms with Crippen molar-refractivity contribution in [2.24, 2.45) is 17.8 Å². The average molecular weight is 383 g/mol. The van der Waals surface area contributed by atoms with E-state index >= 15 is 0 Å².